The number of fused-ring (bicyclic) bond motifs is 2. The number of ether oxygens (including phenoxy) is 2. The van der Waals surface area contributed by atoms with E-state index >= 15 is 0 Å². The lowest BCUT2D eigenvalue weighted by molar-refractivity contribution is -0.144. The van der Waals surface area contributed by atoms with Crippen LogP contribution < -0.4 is 9.64 Å². The first-order valence-electron chi connectivity index (χ1n) is 16.0. The van der Waals surface area contributed by atoms with Crippen molar-refractivity contribution in [3.05, 3.63) is 76.9 Å². The van der Waals surface area contributed by atoms with E-state index in [-0.39, 0.29) is 12.0 Å². The van der Waals surface area contributed by atoms with Gasteiger partial charge in [-0.2, -0.15) is 0 Å². The second-order valence-electron chi connectivity index (χ2n) is 13.1. The first kappa shape index (κ1) is 28.4. The minimum atomic E-state index is -0.728. The Morgan fingerprint density at radius 2 is 1.91 bits per heavy atom. The third-order valence-electron chi connectivity index (χ3n) is 10.6. The van der Waals surface area contributed by atoms with Crippen LogP contribution in [-0.4, -0.2) is 59.8 Å². The van der Waals surface area contributed by atoms with E-state index in [1.807, 2.05) is 24.3 Å². The molecule has 226 valence electrons. The van der Waals surface area contributed by atoms with E-state index in [0.717, 1.165) is 53.9 Å². The fraction of sp³-hybridized carbons (Fsp3) is 0.500. The van der Waals surface area contributed by atoms with Crippen molar-refractivity contribution in [2.75, 3.05) is 31.7 Å². The van der Waals surface area contributed by atoms with Crippen molar-refractivity contribution < 1.29 is 19.4 Å². The molecule has 3 aromatic rings. The predicted molar refractivity (Wildman–Crippen MR) is 167 cm³/mol. The molecule has 0 bridgehead atoms. The van der Waals surface area contributed by atoms with Gasteiger partial charge in [0, 0.05) is 38.3 Å². The summed E-state index contributed by atoms with van der Waals surface area (Å²) in [5, 5.41) is 10.0. The molecular formula is C36H43N3O4. The minimum absolute atomic E-state index is 0.139. The fourth-order valence-electron chi connectivity index (χ4n) is 8.09. The van der Waals surface area contributed by atoms with Gasteiger partial charge >= 0.3 is 5.97 Å². The van der Waals surface area contributed by atoms with Crippen LogP contribution in [0.5, 0.6) is 5.75 Å². The number of para-hydroxylation sites is 1. The number of aliphatic carboxylic acids is 1. The van der Waals surface area contributed by atoms with Crippen LogP contribution in [0.15, 0.2) is 54.6 Å². The highest BCUT2D eigenvalue weighted by Crippen LogP contribution is 2.62. The third kappa shape index (κ3) is 5.21. The van der Waals surface area contributed by atoms with Crippen molar-refractivity contribution in [2.24, 2.45) is 11.3 Å². The number of methoxy groups -OCH3 is 1. The van der Waals surface area contributed by atoms with Gasteiger partial charge in [0.2, 0.25) is 0 Å². The Balaban J connectivity index is 1.09. The Hall–Kier alpha value is -3.42. The number of carboxylic acid groups (broad SMARTS) is 1. The van der Waals surface area contributed by atoms with E-state index in [4.69, 9.17) is 14.5 Å². The van der Waals surface area contributed by atoms with Crippen LogP contribution in [0.2, 0.25) is 0 Å². The Labute approximate surface area is 254 Å². The van der Waals surface area contributed by atoms with Crippen LogP contribution in [0, 0.1) is 18.3 Å². The van der Waals surface area contributed by atoms with Crippen LogP contribution in [-0.2, 0) is 29.1 Å². The molecule has 0 radical (unpaired) electrons. The summed E-state index contributed by atoms with van der Waals surface area (Å²) in [7, 11) is 1.64. The van der Waals surface area contributed by atoms with Crippen molar-refractivity contribution in [3.8, 4) is 17.0 Å². The Morgan fingerprint density at radius 3 is 2.72 bits per heavy atom. The van der Waals surface area contributed by atoms with Crippen molar-refractivity contribution in [3.63, 3.8) is 0 Å². The summed E-state index contributed by atoms with van der Waals surface area (Å²) in [5.74, 6) is 1.04. The quantitative estimate of drug-likeness (QED) is 0.320. The van der Waals surface area contributed by atoms with E-state index in [1.54, 1.807) is 7.11 Å². The van der Waals surface area contributed by atoms with Gasteiger partial charge in [-0.3, -0.25) is 9.69 Å². The highest BCUT2D eigenvalue weighted by molar-refractivity contribution is 5.82. The molecule has 7 rings (SSSR count). The average molecular weight is 582 g/mol. The van der Waals surface area contributed by atoms with Crippen molar-refractivity contribution >= 4 is 11.8 Å². The van der Waals surface area contributed by atoms with Gasteiger partial charge in [-0.15, -0.1) is 0 Å². The molecule has 3 atom stereocenters. The average Bonchev–Trinajstić information content (AvgIpc) is 3.69. The SMILES string of the molecule is COC[C@@H]1N(c2cccc(-c3cccc(C)c3OCc3ccc4c(c3)CCN(C3CCCCC3)C4)n2)C[C@H]2C[C@]21C(=O)O. The summed E-state index contributed by atoms with van der Waals surface area (Å²) in [5.41, 5.74) is 6.23. The smallest absolute Gasteiger partial charge is 0.312 e. The minimum Gasteiger partial charge on any atom is -0.488 e. The first-order chi connectivity index (χ1) is 21.0. The number of hydrogen-bond acceptors (Lipinski definition) is 6. The molecule has 2 saturated carbocycles. The van der Waals surface area contributed by atoms with E-state index in [0.29, 0.717) is 26.2 Å². The molecule has 2 aliphatic heterocycles. The number of benzene rings is 2. The first-order valence-corrected chi connectivity index (χ1v) is 16.0. The molecule has 0 spiro atoms. The number of aryl methyl sites for hydroxylation is 1. The van der Waals surface area contributed by atoms with Gasteiger partial charge in [0.15, 0.2) is 0 Å². The number of pyridine rings is 1. The summed E-state index contributed by atoms with van der Waals surface area (Å²) in [6.45, 7) is 5.86. The zero-order chi connectivity index (χ0) is 29.6. The van der Waals surface area contributed by atoms with Crippen LogP contribution >= 0.6 is 0 Å². The molecule has 3 fully saturated rings. The number of nitrogens with zero attached hydrogens (tertiary/aromatic N) is 3. The van der Waals surface area contributed by atoms with Crippen LogP contribution in [0.25, 0.3) is 11.3 Å². The lowest BCUT2D eigenvalue weighted by Gasteiger charge is -2.37. The predicted octanol–water partition coefficient (Wildman–Crippen LogP) is 6.25. The summed E-state index contributed by atoms with van der Waals surface area (Å²) in [6.07, 6.45) is 8.68. The van der Waals surface area contributed by atoms with Crippen molar-refractivity contribution in [2.45, 2.75) is 77.1 Å². The van der Waals surface area contributed by atoms with Crippen LogP contribution in [0.3, 0.4) is 0 Å². The maximum atomic E-state index is 12.2. The zero-order valence-electron chi connectivity index (χ0n) is 25.4. The molecule has 1 aromatic heterocycles. The van der Waals surface area contributed by atoms with Gasteiger partial charge in [-0.1, -0.05) is 55.7 Å². The number of anilines is 1. The van der Waals surface area contributed by atoms with Crippen LogP contribution in [0.1, 0.15) is 60.8 Å². The maximum absolute atomic E-state index is 12.2. The molecular weight excluding hydrogens is 538 g/mol. The lowest BCUT2D eigenvalue weighted by Crippen LogP contribution is -2.43. The van der Waals surface area contributed by atoms with Gasteiger partial charge in [0.05, 0.1) is 23.8 Å². The standard InChI is InChI=1S/C36H43N3O4/c1-24-8-6-11-30(31-12-7-13-33(37-31)39-21-28-19-36(28,35(40)41)32(39)23-42-2)34(24)43-22-25-14-15-27-20-38(17-16-26(27)18-25)29-9-4-3-5-10-29/h6-8,11-15,18,28-29,32H,3-5,9-10,16-17,19-23H2,1-2H3,(H,40,41)/t28-,32+,36+/m1/s1. The number of aromatic nitrogens is 1. The fourth-order valence-corrected chi connectivity index (χ4v) is 8.09. The molecule has 7 heteroatoms. The van der Waals surface area contributed by atoms with E-state index in [9.17, 15) is 9.90 Å². The summed E-state index contributed by atoms with van der Waals surface area (Å²) in [6, 6.07) is 19.6. The molecule has 1 N–H and O–H groups in total. The van der Waals surface area contributed by atoms with Crippen LogP contribution in [0.4, 0.5) is 5.82 Å². The number of carbonyl (C=O) groups is 1. The zero-order valence-corrected chi connectivity index (χ0v) is 25.4. The van der Waals surface area contributed by atoms with Gasteiger partial charge < -0.3 is 19.5 Å². The Kier molecular flexibility index (Phi) is 7.64. The largest absolute Gasteiger partial charge is 0.488 e. The number of hydrogen-bond donors (Lipinski definition) is 1. The third-order valence-corrected chi connectivity index (χ3v) is 10.6. The molecule has 7 nitrogen and oxygen atoms in total. The summed E-state index contributed by atoms with van der Waals surface area (Å²) >= 11 is 0. The van der Waals surface area contributed by atoms with E-state index in [2.05, 4.69) is 47.1 Å². The van der Waals surface area contributed by atoms with E-state index in [1.165, 1.54) is 48.8 Å². The lowest BCUT2D eigenvalue weighted by atomic mass is 9.90. The molecule has 2 aromatic carbocycles. The Morgan fingerprint density at radius 1 is 1.07 bits per heavy atom. The molecule has 0 amide bonds. The second kappa shape index (κ2) is 11.6. The molecule has 2 aliphatic carbocycles. The summed E-state index contributed by atoms with van der Waals surface area (Å²) in [4.78, 5) is 22.1. The highest BCUT2D eigenvalue weighted by atomic mass is 16.5. The number of piperidine rings is 1. The van der Waals surface area contributed by atoms with Gasteiger partial charge in [0.25, 0.3) is 0 Å². The second-order valence-corrected chi connectivity index (χ2v) is 13.1. The number of carboxylic acids is 1. The highest BCUT2D eigenvalue weighted by Gasteiger charge is 2.71. The Bertz CT molecular complexity index is 1500. The number of rotatable bonds is 9. The topological polar surface area (TPSA) is 75.1 Å². The monoisotopic (exact) mass is 581 g/mol. The molecule has 3 heterocycles. The molecule has 43 heavy (non-hydrogen) atoms. The van der Waals surface area contributed by atoms with Crippen molar-refractivity contribution in [1.82, 2.24) is 9.88 Å². The van der Waals surface area contributed by atoms with Gasteiger partial charge in [-0.05, 0) is 79.0 Å². The van der Waals surface area contributed by atoms with Gasteiger partial charge in [-0.25, -0.2) is 4.98 Å². The summed E-state index contributed by atoms with van der Waals surface area (Å²) < 4.78 is 12.0. The molecule has 0 unspecified atom stereocenters. The normalized spacial score (nSPS) is 25.3. The van der Waals surface area contributed by atoms with E-state index < -0.39 is 11.4 Å². The molecule has 1 saturated heterocycles. The van der Waals surface area contributed by atoms with Gasteiger partial charge in [0.1, 0.15) is 18.2 Å². The maximum Gasteiger partial charge on any atom is 0.312 e. The molecule has 4 aliphatic rings. The van der Waals surface area contributed by atoms with Crippen molar-refractivity contribution in [1.29, 1.82) is 0 Å².